The SMILES string of the molecule is CCCCCCCCCCCC(=O)N(C)CCCCS(=O)(=O)O. The minimum atomic E-state index is -3.88. The minimum Gasteiger partial charge on any atom is -0.346 e. The second-order valence-corrected chi connectivity index (χ2v) is 7.96. The number of hydrogen-bond donors (Lipinski definition) is 1. The molecule has 0 bridgehead atoms. The number of carbonyl (C=O) groups excluding carboxylic acids is 1. The fraction of sp³-hybridized carbons (Fsp3) is 0.941. The highest BCUT2D eigenvalue weighted by atomic mass is 32.2. The van der Waals surface area contributed by atoms with Crippen LogP contribution in [0.15, 0.2) is 0 Å². The first-order valence-electron chi connectivity index (χ1n) is 9.06. The zero-order valence-electron chi connectivity index (χ0n) is 14.9. The molecule has 0 aliphatic heterocycles. The molecule has 23 heavy (non-hydrogen) atoms. The van der Waals surface area contributed by atoms with Gasteiger partial charge in [-0.05, 0) is 19.3 Å². The molecule has 0 spiro atoms. The van der Waals surface area contributed by atoms with Gasteiger partial charge < -0.3 is 4.90 Å². The van der Waals surface area contributed by atoms with Gasteiger partial charge in [0.2, 0.25) is 5.91 Å². The van der Waals surface area contributed by atoms with Crippen molar-refractivity contribution in [2.45, 2.75) is 84.0 Å². The van der Waals surface area contributed by atoms with Crippen molar-refractivity contribution in [3.05, 3.63) is 0 Å². The molecule has 5 nitrogen and oxygen atoms in total. The van der Waals surface area contributed by atoms with E-state index in [9.17, 15) is 13.2 Å². The summed E-state index contributed by atoms with van der Waals surface area (Å²) < 4.78 is 29.8. The van der Waals surface area contributed by atoms with E-state index in [1.807, 2.05) is 0 Å². The highest BCUT2D eigenvalue weighted by molar-refractivity contribution is 7.85. The lowest BCUT2D eigenvalue weighted by molar-refractivity contribution is -0.130. The quantitative estimate of drug-likeness (QED) is 0.358. The largest absolute Gasteiger partial charge is 0.346 e. The molecule has 0 fully saturated rings. The van der Waals surface area contributed by atoms with Gasteiger partial charge in [-0.2, -0.15) is 8.42 Å². The summed E-state index contributed by atoms with van der Waals surface area (Å²) >= 11 is 0. The molecule has 0 aromatic heterocycles. The molecule has 0 radical (unpaired) electrons. The lowest BCUT2D eigenvalue weighted by Crippen LogP contribution is -2.27. The molecule has 0 aromatic carbocycles. The lowest BCUT2D eigenvalue weighted by Gasteiger charge is -2.16. The molecule has 0 saturated heterocycles. The number of rotatable bonds is 15. The summed E-state index contributed by atoms with van der Waals surface area (Å²) in [5.74, 6) is -0.104. The Hall–Kier alpha value is -0.620. The van der Waals surface area contributed by atoms with Gasteiger partial charge >= 0.3 is 0 Å². The van der Waals surface area contributed by atoms with E-state index in [0.29, 0.717) is 25.8 Å². The standard InChI is InChI=1S/C17H35NO4S/c1-3-4-5-6-7-8-9-10-11-14-17(19)18(2)15-12-13-16-23(20,21)22/h3-16H2,1-2H3,(H,20,21,22). The molecular weight excluding hydrogens is 314 g/mol. The molecule has 138 valence electrons. The van der Waals surface area contributed by atoms with Crippen molar-refractivity contribution in [1.29, 1.82) is 0 Å². The number of hydrogen-bond acceptors (Lipinski definition) is 3. The van der Waals surface area contributed by atoms with Crippen LogP contribution in [0.4, 0.5) is 0 Å². The molecule has 0 atom stereocenters. The fourth-order valence-electron chi connectivity index (χ4n) is 2.54. The number of amides is 1. The summed E-state index contributed by atoms with van der Waals surface area (Å²) in [5, 5.41) is 0. The summed E-state index contributed by atoms with van der Waals surface area (Å²) in [5.41, 5.74) is 0. The Labute approximate surface area is 142 Å². The second-order valence-electron chi connectivity index (χ2n) is 6.39. The van der Waals surface area contributed by atoms with E-state index in [-0.39, 0.29) is 11.7 Å². The van der Waals surface area contributed by atoms with E-state index < -0.39 is 10.1 Å². The first-order chi connectivity index (χ1) is 10.9. The van der Waals surface area contributed by atoms with Crippen molar-refractivity contribution in [3.63, 3.8) is 0 Å². The van der Waals surface area contributed by atoms with Crippen LogP contribution in [0.25, 0.3) is 0 Å². The summed E-state index contributed by atoms with van der Waals surface area (Å²) in [4.78, 5) is 13.6. The summed E-state index contributed by atoms with van der Waals surface area (Å²) in [7, 11) is -2.12. The van der Waals surface area contributed by atoms with Crippen LogP contribution in [-0.4, -0.2) is 43.1 Å². The van der Waals surface area contributed by atoms with Gasteiger partial charge in [0, 0.05) is 20.0 Å². The van der Waals surface area contributed by atoms with E-state index in [1.54, 1.807) is 11.9 Å². The van der Waals surface area contributed by atoms with Gasteiger partial charge in [0.1, 0.15) is 0 Å². The van der Waals surface area contributed by atoms with E-state index in [1.165, 1.54) is 44.9 Å². The van der Waals surface area contributed by atoms with Crippen molar-refractivity contribution in [2.75, 3.05) is 19.3 Å². The van der Waals surface area contributed by atoms with Crippen LogP contribution in [0.1, 0.15) is 84.0 Å². The average molecular weight is 350 g/mol. The molecule has 0 aliphatic rings. The Morgan fingerprint density at radius 1 is 0.870 bits per heavy atom. The van der Waals surface area contributed by atoms with Crippen LogP contribution >= 0.6 is 0 Å². The van der Waals surface area contributed by atoms with Crippen LogP contribution < -0.4 is 0 Å². The van der Waals surface area contributed by atoms with Crippen molar-refractivity contribution >= 4 is 16.0 Å². The maximum absolute atomic E-state index is 11.9. The van der Waals surface area contributed by atoms with Crippen LogP contribution in [0.3, 0.4) is 0 Å². The van der Waals surface area contributed by atoms with Gasteiger partial charge in [0.15, 0.2) is 0 Å². The first-order valence-corrected chi connectivity index (χ1v) is 10.7. The molecule has 0 rings (SSSR count). The monoisotopic (exact) mass is 349 g/mol. The van der Waals surface area contributed by atoms with Gasteiger partial charge in [0.25, 0.3) is 10.1 Å². The smallest absolute Gasteiger partial charge is 0.264 e. The molecule has 6 heteroatoms. The third kappa shape index (κ3) is 16.0. The second kappa shape index (κ2) is 13.8. The summed E-state index contributed by atoms with van der Waals surface area (Å²) in [6.07, 6.45) is 12.7. The zero-order chi connectivity index (χ0) is 17.6. The van der Waals surface area contributed by atoms with Gasteiger partial charge in [-0.1, -0.05) is 58.3 Å². The first kappa shape index (κ1) is 22.4. The van der Waals surface area contributed by atoms with Crippen molar-refractivity contribution in [3.8, 4) is 0 Å². The van der Waals surface area contributed by atoms with E-state index in [4.69, 9.17) is 4.55 Å². The highest BCUT2D eigenvalue weighted by Crippen LogP contribution is 2.11. The lowest BCUT2D eigenvalue weighted by atomic mass is 10.1. The Bertz CT molecular complexity index is 395. The van der Waals surface area contributed by atoms with E-state index in [0.717, 1.165) is 12.8 Å². The van der Waals surface area contributed by atoms with Crippen LogP contribution in [0, 0.1) is 0 Å². The third-order valence-electron chi connectivity index (χ3n) is 4.07. The molecular formula is C17H35NO4S. The maximum Gasteiger partial charge on any atom is 0.264 e. The molecule has 0 aromatic rings. The Morgan fingerprint density at radius 3 is 1.91 bits per heavy atom. The number of nitrogens with zero attached hydrogens (tertiary/aromatic N) is 1. The molecule has 1 amide bonds. The summed E-state index contributed by atoms with van der Waals surface area (Å²) in [6.45, 7) is 2.77. The highest BCUT2D eigenvalue weighted by Gasteiger charge is 2.09. The van der Waals surface area contributed by atoms with E-state index >= 15 is 0 Å². The molecule has 0 aliphatic carbocycles. The van der Waals surface area contributed by atoms with Gasteiger partial charge in [-0.25, -0.2) is 0 Å². The average Bonchev–Trinajstić information content (AvgIpc) is 2.48. The fourth-order valence-corrected chi connectivity index (χ4v) is 3.10. The van der Waals surface area contributed by atoms with Gasteiger partial charge in [-0.15, -0.1) is 0 Å². The van der Waals surface area contributed by atoms with Crippen molar-refractivity contribution in [2.24, 2.45) is 0 Å². The number of carbonyl (C=O) groups is 1. The number of unbranched alkanes of at least 4 members (excludes halogenated alkanes) is 9. The summed E-state index contributed by atoms with van der Waals surface area (Å²) in [6, 6.07) is 0. The predicted molar refractivity (Wildman–Crippen MR) is 95.1 cm³/mol. The predicted octanol–water partition coefficient (Wildman–Crippen LogP) is 4.03. The maximum atomic E-state index is 11.9. The van der Waals surface area contributed by atoms with Gasteiger partial charge in [0.05, 0.1) is 5.75 Å². The Kier molecular flexibility index (Phi) is 13.4. The van der Waals surface area contributed by atoms with Crippen LogP contribution in [0.5, 0.6) is 0 Å². The molecule has 0 unspecified atom stereocenters. The van der Waals surface area contributed by atoms with Crippen LogP contribution in [0.2, 0.25) is 0 Å². The Morgan fingerprint density at radius 2 is 1.39 bits per heavy atom. The molecule has 0 heterocycles. The third-order valence-corrected chi connectivity index (χ3v) is 4.87. The van der Waals surface area contributed by atoms with Crippen molar-refractivity contribution in [1.82, 2.24) is 4.90 Å². The topological polar surface area (TPSA) is 74.7 Å². The van der Waals surface area contributed by atoms with E-state index in [2.05, 4.69) is 6.92 Å². The Balaban J connectivity index is 3.47. The minimum absolute atomic E-state index is 0.125. The van der Waals surface area contributed by atoms with Gasteiger partial charge in [-0.3, -0.25) is 9.35 Å². The van der Waals surface area contributed by atoms with Crippen molar-refractivity contribution < 1.29 is 17.8 Å². The normalized spacial score (nSPS) is 11.6. The molecule has 1 N–H and O–H groups in total. The van der Waals surface area contributed by atoms with Crippen LogP contribution in [-0.2, 0) is 14.9 Å². The zero-order valence-corrected chi connectivity index (χ0v) is 15.7. The molecule has 0 saturated carbocycles.